The molecular weight excluding hydrogens is 352 g/mol. The Bertz CT molecular complexity index is 679. The monoisotopic (exact) mass is 368 g/mol. The van der Waals surface area contributed by atoms with Crippen LogP contribution in [0, 0.1) is 6.92 Å². The SMILES string of the molecule is CCc1nn(CC)c(CC(=O)c2cccc(Cl)c2C)c1Br. The lowest BCUT2D eigenvalue weighted by molar-refractivity contribution is 0.0989. The molecule has 2 aromatic rings. The number of nitrogens with zero attached hydrogens (tertiary/aromatic N) is 2. The fraction of sp³-hybridized carbons (Fsp3) is 0.375. The Labute approximate surface area is 138 Å². The number of Topliss-reactive ketones (excluding diaryl/α,β-unsaturated/α-hetero) is 1. The predicted molar refractivity (Wildman–Crippen MR) is 89.2 cm³/mol. The average molecular weight is 370 g/mol. The van der Waals surface area contributed by atoms with Crippen molar-refractivity contribution in [2.75, 3.05) is 0 Å². The van der Waals surface area contributed by atoms with E-state index in [0.29, 0.717) is 17.0 Å². The summed E-state index contributed by atoms with van der Waals surface area (Å²) in [6.45, 7) is 6.70. The molecule has 0 aliphatic rings. The van der Waals surface area contributed by atoms with E-state index in [-0.39, 0.29) is 5.78 Å². The van der Waals surface area contributed by atoms with Gasteiger partial charge < -0.3 is 0 Å². The molecular formula is C16H18BrClN2O. The molecule has 0 atom stereocenters. The van der Waals surface area contributed by atoms with Crippen molar-refractivity contribution in [3.05, 3.63) is 50.2 Å². The molecule has 0 saturated carbocycles. The highest BCUT2D eigenvalue weighted by atomic mass is 79.9. The van der Waals surface area contributed by atoms with Gasteiger partial charge in [-0.1, -0.05) is 30.7 Å². The van der Waals surface area contributed by atoms with Crippen molar-refractivity contribution in [1.29, 1.82) is 0 Å². The molecule has 2 rings (SSSR count). The zero-order valence-electron chi connectivity index (χ0n) is 12.4. The van der Waals surface area contributed by atoms with Crippen molar-refractivity contribution in [2.24, 2.45) is 0 Å². The molecule has 21 heavy (non-hydrogen) atoms. The summed E-state index contributed by atoms with van der Waals surface area (Å²) in [5, 5.41) is 5.15. The van der Waals surface area contributed by atoms with E-state index in [4.69, 9.17) is 11.6 Å². The van der Waals surface area contributed by atoms with Crippen LogP contribution in [0.1, 0.15) is 41.2 Å². The van der Waals surface area contributed by atoms with Gasteiger partial charge in [0.1, 0.15) is 0 Å². The van der Waals surface area contributed by atoms with Gasteiger partial charge in [0, 0.05) is 17.1 Å². The molecule has 0 fully saturated rings. The third-order valence-corrected chi connectivity index (χ3v) is 4.92. The van der Waals surface area contributed by atoms with Crippen LogP contribution in [0.25, 0.3) is 0 Å². The first-order valence-electron chi connectivity index (χ1n) is 7.01. The highest BCUT2D eigenvalue weighted by molar-refractivity contribution is 9.10. The molecule has 0 aliphatic carbocycles. The van der Waals surface area contributed by atoms with E-state index in [2.05, 4.69) is 28.0 Å². The largest absolute Gasteiger partial charge is 0.294 e. The van der Waals surface area contributed by atoms with Crippen molar-refractivity contribution in [3.63, 3.8) is 0 Å². The minimum absolute atomic E-state index is 0.0629. The summed E-state index contributed by atoms with van der Waals surface area (Å²) < 4.78 is 2.83. The Kier molecular flexibility index (Phi) is 5.22. The lowest BCUT2D eigenvalue weighted by atomic mass is 10.0. The lowest BCUT2D eigenvalue weighted by Gasteiger charge is -2.08. The van der Waals surface area contributed by atoms with Crippen LogP contribution in [0.5, 0.6) is 0 Å². The van der Waals surface area contributed by atoms with Gasteiger partial charge in [-0.25, -0.2) is 0 Å². The van der Waals surface area contributed by atoms with Gasteiger partial charge in [-0.3, -0.25) is 9.48 Å². The Morgan fingerprint density at radius 2 is 2.10 bits per heavy atom. The first kappa shape index (κ1) is 16.2. The second kappa shape index (κ2) is 6.75. The molecule has 1 aromatic carbocycles. The summed E-state index contributed by atoms with van der Waals surface area (Å²) in [4.78, 5) is 12.6. The maximum Gasteiger partial charge on any atom is 0.169 e. The average Bonchev–Trinajstić information content (AvgIpc) is 2.78. The van der Waals surface area contributed by atoms with E-state index in [1.54, 1.807) is 6.07 Å². The minimum atomic E-state index is 0.0629. The number of aromatic nitrogens is 2. The molecule has 0 radical (unpaired) electrons. The maximum absolute atomic E-state index is 12.6. The molecule has 5 heteroatoms. The molecule has 0 bridgehead atoms. The Balaban J connectivity index is 2.36. The topological polar surface area (TPSA) is 34.9 Å². The van der Waals surface area contributed by atoms with Crippen molar-refractivity contribution in [2.45, 2.75) is 40.2 Å². The first-order chi connectivity index (χ1) is 9.99. The Hall–Kier alpha value is -1.13. The molecule has 0 spiro atoms. The van der Waals surface area contributed by atoms with Crippen LogP contribution in [-0.4, -0.2) is 15.6 Å². The quantitative estimate of drug-likeness (QED) is 0.721. The highest BCUT2D eigenvalue weighted by Gasteiger charge is 2.19. The first-order valence-corrected chi connectivity index (χ1v) is 8.19. The fourth-order valence-corrected chi connectivity index (χ4v) is 3.22. The van der Waals surface area contributed by atoms with E-state index in [9.17, 15) is 4.79 Å². The number of halogens is 2. The fourth-order valence-electron chi connectivity index (χ4n) is 2.34. The van der Waals surface area contributed by atoms with Gasteiger partial charge in [0.15, 0.2) is 5.78 Å². The van der Waals surface area contributed by atoms with Gasteiger partial charge in [-0.2, -0.15) is 5.10 Å². The Morgan fingerprint density at radius 1 is 1.38 bits per heavy atom. The summed E-state index contributed by atoms with van der Waals surface area (Å²) in [5.41, 5.74) is 3.43. The van der Waals surface area contributed by atoms with E-state index in [0.717, 1.165) is 34.4 Å². The number of hydrogen-bond donors (Lipinski definition) is 0. The molecule has 112 valence electrons. The van der Waals surface area contributed by atoms with Crippen molar-refractivity contribution < 1.29 is 4.79 Å². The number of aryl methyl sites for hydroxylation is 2. The number of carbonyl (C=O) groups is 1. The summed E-state index contributed by atoms with van der Waals surface area (Å²) in [6.07, 6.45) is 1.16. The standard InChI is InChI=1S/C16H18BrClN2O/c1-4-13-16(17)14(20(5-2)19-13)9-15(21)11-7-6-8-12(18)10(11)3/h6-8H,4-5,9H2,1-3H3. The van der Waals surface area contributed by atoms with Crippen LogP contribution >= 0.6 is 27.5 Å². The van der Waals surface area contributed by atoms with Gasteiger partial charge in [0.25, 0.3) is 0 Å². The van der Waals surface area contributed by atoms with Crippen molar-refractivity contribution in [3.8, 4) is 0 Å². The Morgan fingerprint density at radius 3 is 2.71 bits per heavy atom. The van der Waals surface area contributed by atoms with Crippen LogP contribution in [0.2, 0.25) is 5.02 Å². The van der Waals surface area contributed by atoms with Crippen LogP contribution in [-0.2, 0) is 19.4 Å². The van der Waals surface area contributed by atoms with Crippen LogP contribution < -0.4 is 0 Å². The van der Waals surface area contributed by atoms with Gasteiger partial charge in [-0.05, 0) is 47.8 Å². The van der Waals surface area contributed by atoms with Gasteiger partial charge in [0.05, 0.1) is 22.3 Å². The third kappa shape index (κ3) is 3.22. The van der Waals surface area contributed by atoms with Gasteiger partial charge >= 0.3 is 0 Å². The maximum atomic E-state index is 12.6. The molecule has 1 heterocycles. The predicted octanol–water partition coefficient (Wildman–Crippen LogP) is 4.62. The smallest absolute Gasteiger partial charge is 0.169 e. The molecule has 1 aromatic heterocycles. The van der Waals surface area contributed by atoms with Crippen molar-refractivity contribution in [1.82, 2.24) is 9.78 Å². The summed E-state index contributed by atoms with van der Waals surface area (Å²) in [7, 11) is 0. The van der Waals surface area contributed by atoms with Crippen LogP contribution in [0.3, 0.4) is 0 Å². The lowest BCUT2D eigenvalue weighted by Crippen LogP contribution is -2.11. The van der Waals surface area contributed by atoms with E-state index < -0.39 is 0 Å². The van der Waals surface area contributed by atoms with E-state index in [1.807, 2.05) is 30.7 Å². The molecule has 0 unspecified atom stereocenters. The molecule has 0 aliphatic heterocycles. The molecule has 3 nitrogen and oxygen atoms in total. The van der Waals surface area contributed by atoms with E-state index in [1.165, 1.54) is 0 Å². The molecule has 0 amide bonds. The van der Waals surface area contributed by atoms with Gasteiger partial charge in [-0.15, -0.1) is 0 Å². The third-order valence-electron chi connectivity index (χ3n) is 3.59. The molecule has 0 saturated heterocycles. The van der Waals surface area contributed by atoms with E-state index >= 15 is 0 Å². The normalized spacial score (nSPS) is 10.9. The summed E-state index contributed by atoms with van der Waals surface area (Å²) in [5.74, 6) is 0.0629. The number of benzene rings is 1. The molecule has 0 N–H and O–H groups in total. The van der Waals surface area contributed by atoms with Crippen molar-refractivity contribution >= 4 is 33.3 Å². The number of ketones is 1. The van der Waals surface area contributed by atoms with Gasteiger partial charge in [0.2, 0.25) is 0 Å². The zero-order chi connectivity index (χ0) is 15.6. The highest BCUT2D eigenvalue weighted by Crippen LogP contribution is 2.25. The second-order valence-electron chi connectivity index (χ2n) is 4.89. The van der Waals surface area contributed by atoms with Crippen LogP contribution in [0.4, 0.5) is 0 Å². The van der Waals surface area contributed by atoms with Crippen LogP contribution in [0.15, 0.2) is 22.7 Å². The minimum Gasteiger partial charge on any atom is -0.294 e. The number of hydrogen-bond acceptors (Lipinski definition) is 2. The zero-order valence-corrected chi connectivity index (χ0v) is 14.8. The second-order valence-corrected chi connectivity index (χ2v) is 6.09. The number of rotatable bonds is 5. The number of carbonyl (C=O) groups excluding carboxylic acids is 1. The summed E-state index contributed by atoms with van der Waals surface area (Å²) in [6, 6.07) is 5.44. The summed E-state index contributed by atoms with van der Waals surface area (Å²) >= 11 is 9.67.